The molecule has 0 radical (unpaired) electrons. The minimum Gasteiger partial charge on any atom is -0.375 e. The van der Waals surface area contributed by atoms with Gasteiger partial charge in [0, 0.05) is 43.7 Å². The highest BCUT2D eigenvalue weighted by molar-refractivity contribution is 7.91. The molecule has 1 unspecified atom stereocenters. The first-order valence-electron chi connectivity index (χ1n) is 21.4. The first kappa shape index (κ1) is 50.7. The van der Waals surface area contributed by atoms with Crippen LogP contribution in [0.15, 0.2) is 70.7 Å². The monoisotopic (exact) mass is 962 g/mol. The number of benzene rings is 2. The maximum Gasteiger partial charge on any atom is 0.364 e. The van der Waals surface area contributed by atoms with Crippen LogP contribution in [0.25, 0.3) is 0 Å². The average Bonchev–Trinajstić information content (AvgIpc) is 4.08. The Balaban J connectivity index is 0.000000243. The quantitative estimate of drug-likeness (QED) is 0.0612. The fourth-order valence-corrected chi connectivity index (χ4v) is 13.2. The largest absolute Gasteiger partial charge is 0.375 e. The maximum absolute atomic E-state index is 13.4. The van der Waals surface area contributed by atoms with Crippen molar-refractivity contribution in [2.45, 2.75) is 125 Å². The van der Waals surface area contributed by atoms with Crippen molar-refractivity contribution < 1.29 is 49.9 Å². The highest BCUT2D eigenvalue weighted by Crippen LogP contribution is 2.60. The van der Waals surface area contributed by atoms with Crippen LogP contribution >= 0.6 is 30.3 Å². The van der Waals surface area contributed by atoms with E-state index in [0.717, 1.165) is 73.7 Å². The van der Waals surface area contributed by atoms with E-state index in [-0.39, 0.29) is 65.0 Å². The number of aliphatic hydroxyl groups is 1. The Hall–Kier alpha value is -3.28. The SMILES string of the molecule is CC(=O)c1cnc(CC(=O)[C@H](CC2CCCC2)c2ccc(S(C)(=O)=O)cc2)s1.CCOP(=O)(OCC)C(O)c1cnc(CC(=O)[C@H](CC2CCCC2)c2ccc(S(C)(=O)=O)cc2)s1. The first-order chi connectivity index (χ1) is 29.8. The van der Waals surface area contributed by atoms with Crippen molar-refractivity contribution in [1.82, 2.24) is 9.97 Å². The molecule has 2 aliphatic carbocycles. The number of hydrogen-bond donors (Lipinski definition) is 1. The average molecular weight is 963 g/mol. The van der Waals surface area contributed by atoms with Crippen molar-refractivity contribution in [2.75, 3.05) is 25.7 Å². The third-order valence-electron chi connectivity index (χ3n) is 11.6. The zero-order valence-electron chi connectivity index (χ0n) is 36.6. The summed E-state index contributed by atoms with van der Waals surface area (Å²) in [5, 5.41) is 11.8. The van der Waals surface area contributed by atoms with E-state index in [2.05, 4.69) is 9.97 Å². The molecule has 344 valence electrons. The molecule has 2 aliphatic rings. The lowest BCUT2D eigenvalue weighted by molar-refractivity contribution is -0.121. The Kier molecular flexibility index (Phi) is 18.3. The number of carbonyl (C=O) groups is 3. The van der Waals surface area contributed by atoms with E-state index in [1.165, 1.54) is 49.8 Å². The van der Waals surface area contributed by atoms with Crippen LogP contribution in [0.2, 0.25) is 0 Å². The second-order valence-electron chi connectivity index (χ2n) is 16.4. The summed E-state index contributed by atoms with van der Waals surface area (Å²) in [5.74, 6) is -1.14. The predicted molar refractivity (Wildman–Crippen MR) is 245 cm³/mol. The molecule has 0 spiro atoms. The zero-order chi connectivity index (χ0) is 46.0. The van der Waals surface area contributed by atoms with Crippen LogP contribution < -0.4 is 0 Å². The number of aromatic nitrogens is 2. The lowest BCUT2D eigenvalue weighted by Gasteiger charge is -2.21. The first-order valence-corrected chi connectivity index (χ1v) is 28.5. The Labute approximate surface area is 379 Å². The summed E-state index contributed by atoms with van der Waals surface area (Å²) in [6.45, 7) is 5.08. The molecule has 1 N–H and O–H groups in total. The van der Waals surface area contributed by atoms with Crippen molar-refractivity contribution in [1.29, 1.82) is 0 Å². The second-order valence-corrected chi connectivity index (χ2v) is 24.8. The van der Waals surface area contributed by atoms with Gasteiger partial charge in [0.15, 0.2) is 31.3 Å². The standard InChI is InChI=1S/C24H34NO7PS2.C21H25NO4S2/c1-4-31-33(28,32-5-2)24(27)22-16-25-23(34-22)15-21(26)20(14-17-8-6-7-9-17)18-10-12-19(13-11-18)35(3,29)30;1-14(23)20-13-22-21(27-20)12-19(24)18(11-15-5-3-4-6-15)16-7-9-17(10-8-16)28(2,25)26/h10-13,16-17,20,24,27H,4-9,14-15H2,1-3H3;7-10,13,15,18H,3-6,11-12H2,1-2H3/t20-,24?;18-/m11/s1. The molecule has 13 nitrogen and oxygen atoms in total. The van der Waals surface area contributed by atoms with E-state index in [4.69, 9.17) is 9.05 Å². The molecule has 2 saturated carbocycles. The van der Waals surface area contributed by atoms with Gasteiger partial charge < -0.3 is 14.2 Å². The van der Waals surface area contributed by atoms with Gasteiger partial charge in [-0.1, -0.05) is 75.6 Å². The Morgan fingerprint density at radius 2 is 1.10 bits per heavy atom. The van der Waals surface area contributed by atoms with Gasteiger partial charge in [0.1, 0.15) is 21.6 Å². The maximum atomic E-state index is 13.4. The van der Waals surface area contributed by atoms with Gasteiger partial charge in [0.05, 0.1) is 45.6 Å². The molecule has 2 aromatic heterocycles. The summed E-state index contributed by atoms with van der Waals surface area (Å²) in [5.41, 5.74) is 1.65. The lowest BCUT2D eigenvalue weighted by Crippen LogP contribution is -2.18. The number of Topliss-reactive ketones (excluding diaryl/α,β-unsaturated/α-hetero) is 3. The fourth-order valence-electron chi connectivity index (χ4n) is 8.28. The number of sulfone groups is 2. The number of carbonyl (C=O) groups excluding carboxylic acids is 3. The highest BCUT2D eigenvalue weighted by Gasteiger charge is 2.37. The Morgan fingerprint density at radius 1 is 0.698 bits per heavy atom. The second kappa shape index (κ2) is 22.8. The Morgan fingerprint density at radius 3 is 1.46 bits per heavy atom. The smallest absolute Gasteiger partial charge is 0.364 e. The molecular formula is C45H59N2O11PS4. The van der Waals surface area contributed by atoms with E-state index < -0.39 is 33.1 Å². The van der Waals surface area contributed by atoms with Gasteiger partial charge in [-0.2, -0.15) is 0 Å². The zero-order valence-corrected chi connectivity index (χ0v) is 40.7. The molecular weight excluding hydrogens is 904 g/mol. The number of rotatable bonds is 21. The molecule has 4 aromatic rings. The van der Waals surface area contributed by atoms with Crippen LogP contribution in [0.4, 0.5) is 0 Å². The molecule has 0 amide bonds. The van der Waals surface area contributed by atoms with Crippen molar-refractivity contribution in [3.63, 3.8) is 0 Å². The van der Waals surface area contributed by atoms with E-state index in [1.54, 1.807) is 62.4 Å². The third-order valence-corrected chi connectivity index (χ3v) is 18.3. The lowest BCUT2D eigenvalue weighted by atomic mass is 9.84. The number of aliphatic hydroxyl groups excluding tert-OH is 1. The van der Waals surface area contributed by atoms with Gasteiger partial charge >= 0.3 is 7.60 Å². The van der Waals surface area contributed by atoms with Crippen molar-refractivity contribution in [3.05, 3.63) is 91.8 Å². The van der Waals surface area contributed by atoms with Crippen LogP contribution in [0.3, 0.4) is 0 Å². The number of hydrogen-bond acceptors (Lipinski definition) is 15. The summed E-state index contributed by atoms with van der Waals surface area (Å²) in [6, 6.07) is 13.2. The number of ketones is 3. The molecule has 0 bridgehead atoms. The minimum absolute atomic E-state index is 0.0165. The van der Waals surface area contributed by atoms with Gasteiger partial charge in [-0.3, -0.25) is 18.9 Å². The highest BCUT2D eigenvalue weighted by atomic mass is 32.2. The van der Waals surface area contributed by atoms with Crippen LogP contribution in [-0.2, 0) is 55.7 Å². The van der Waals surface area contributed by atoms with Gasteiger partial charge in [0.25, 0.3) is 0 Å². The van der Waals surface area contributed by atoms with E-state index >= 15 is 0 Å². The van der Waals surface area contributed by atoms with Crippen LogP contribution in [0.5, 0.6) is 0 Å². The number of thiazole rings is 2. The summed E-state index contributed by atoms with van der Waals surface area (Å²) in [7, 11) is -10.4. The molecule has 2 fully saturated rings. The van der Waals surface area contributed by atoms with Crippen LogP contribution in [-0.4, -0.2) is 75.0 Å². The molecule has 18 heteroatoms. The topological polar surface area (TPSA) is 201 Å². The molecule has 63 heavy (non-hydrogen) atoms. The summed E-state index contributed by atoms with van der Waals surface area (Å²) >= 11 is 2.39. The Bertz CT molecular complexity index is 2430. The summed E-state index contributed by atoms with van der Waals surface area (Å²) in [4.78, 5) is 47.9. The van der Waals surface area contributed by atoms with Gasteiger partial charge in [-0.05, 0) is 73.9 Å². The van der Waals surface area contributed by atoms with Crippen LogP contribution in [0, 0.1) is 11.8 Å². The normalized spacial score (nSPS) is 16.6. The number of nitrogens with zero attached hydrogens (tertiary/aromatic N) is 2. The summed E-state index contributed by atoms with van der Waals surface area (Å²) in [6.07, 6.45) is 16.2. The fraction of sp³-hybridized carbons (Fsp3) is 0.533. The molecule has 0 aliphatic heterocycles. The minimum atomic E-state index is -3.77. The van der Waals surface area contributed by atoms with Gasteiger partial charge in [0.2, 0.25) is 0 Å². The van der Waals surface area contributed by atoms with Gasteiger partial charge in [-0.25, -0.2) is 26.8 Å². The predicted octanol–water partition coefficient (Wildman–Crippen LogP) is 9.50. The molecule has 2 heterocycles. The molecule has 2 aromatic carbocycles. The molecule has 6 rings (SSSR count). The van der Waals surface area contributed by atoms with E-state index in [1.807, 2.05) is 0 Å². The van der Waals surface area contributed by atoms with E-state index in [9.17, 15) is 40.9 Å². The van der Waals surface area contributed by atoms with Crippen molar-refractivity contribution >= 4 is 67.3 Å². The van der Waals surface area contributed by atoms with Crippen molar-refractivity contribution in [3.8, 4) is 0 Å². The third kappa shape index (κ3) is 14.4. The molecule has 3 atom stereocenters. The summed E-state index contributed by atoms with van der Waals surface area (Å²) < 4.78 is 70.5. The van der Waals surface area contributed by atoms with Crippen molar-refractivity contribution in [2.24, 2.45) is 11.8 Å². The van der Waals surface area contributed by atoms with Gasteiger partial charge in [-0.15, -0.1) is 22.7 Å². The molecule has 0 saturated heterocycles. The van der Waals surface area contributed by atoms with Crippen LogP contribution in [0.1, 0.15) is 138 Å². The van der Waals surface area contributed by atoms with E-state index in [0.29, 0.717) is 38.0 Å².